The Bertz CT molecular complexity index is 600. The van der Waals surface area contributed by atoms with Crippen molar-refractivity contribution in [2.75, 3.05) is 64.9 Å². The smallest absolute Gasteiger partial charge is 0.311 e. The Morgan fingerprint density at radius 1 is 1.17 bits per heavy atom. The highest BCUT2D eigenvalue weighted by Crippen LogP contribution is 2.37. The van der Waals surface area contributed by atoms with E-state index in [-0.39, 0.29) is 10.6 Å². The number of fused-ring (bicyclic) bond motifs is 1. The van der Waals surface area contributed by atoms with Crippen LogP contribution in [-0.4, -0.2) is 74.7 Å². The standard InChI is InChI=1S/C17H26N4O3/c1-18-6-8-19(9-7-18)10-11-20-5-3-4-14-12-16(21(22)23)17(24-2)13-15(14)20/h12-13H,3-11H2,1-2H3. The Hall–Kier alpha value is -1.86. The number of nitro groups is 1. The third kappa shape index (κ3) is 3.62. The molecule has 2 aliphatic heterocycles. The number of aryl methyl sites for hydroxylation is 1. The van der Waals surface area contributed by atoms with Crippen LogP contribution >= 0.6 is 0 Å². The summed E-state index contributed by atoms with van der Waals surface area (Å²) < 4.78 is 5.24. The second-order valence-corrected chi connectivity index (χ2v) is 6.65. The fourth-order valence-corrected chi connectivity index (χ4v) is 3.55. The summed E-state index contributed by atoms with van der Waals surface area (Å²) in [5.74, 6) is 0.352. The molecule has 7 heteroatoms. The van der Waals surface area contributed by atoms with Crippen LogP contribution in [0.1, 0.15) is 12.0 Å². The fourth-order valence-electron chi connectivity index (χ4n) is 3.55. The Kier molecular flexibility index (Phi) is 5.20. The van der Waals surface area contributed by atoms with Gasteiger partial charge in [0.25, 0.3) is 0 Å². The largest absolute Gasteiger partial charge is 0.490 e. The van der Waals surface area contributed by atoms with Gasteiger partial charge in [0.15, 0.2) is 5.75 Å². The van der Waals surface area contributed by atoms with Crippen molar-refractivity contribution < 1.29 is 9.66 Å². The van der Waals surface area contributed by atoms with E-state index in [1.807, 2.05) is 6.07 Å². The predicted molar refractivity (Wildman–Crippen MR) is 94.1 cm³/mol. The maximum atomic E-state index is 11.2. The van der Waals surface area contributed by atoms with Gasteiger partial charge in [-0.05, 0) is 25.5 Å². The van der Waals surface area contributed by atoms with Crippen molar-refractivity contribution in [3.63, 3.8) is 0 Å². The maximum Gasteiger partial charge on any atom is 0.311 e. The molecule has 3 rings (SSSR count). The van der Waals surface area contributed by atoms with Crippen LogP contribution in [0.5, 0.6) is 5.75 Å². The van der Waals surface area contributed by atoms with Crippen molar-refractivity contribution in [3.05, 3.63) is 27.8 Å². The summed E-state index contributed by atoms with van der Waals surface area (Å²) in [7, 11) is 3.66. The topological polar surface area (TPSA) is 62.1 Å². The molecule has 0 atom stereocenters. The molecule has 0 spiro atoms. The van der Waals surface area contributed by atoms with E-state index in [2.05, 4.69) is 21.7 Å². The predicted octanol–water partition coefficient (Wildman–Crippen LogP) is 1.60. The molecule has 0 aromatic heterocycles. The van der Waals surface area contributed by atoms with Crippen LogP contribution in [0.4, 0.5) is 11.4 Å². The Balaban J connectivity index is 1.72. The molecular formula is C17H26N4O3. The van der Waals surface area contributed by atoms with Crippen LogP contribution in [0.3, 0.4) is 0 Å². The SMILES string of the molecule is COc1cc2c(cc1[N+](=O)[O-])CCCN2CCN1CCN(C)CC1. The van der Waals surface area contributed by atoms with Crippen LogP contribution in [0.2, 0.25) is 0 Å². The summed E-state index contributed by atoms with van der Waals surface area (Å²) in [4.78, 5) is 18.1. The highest BCUT2D eigenvalue weighted by molar-refractivity contribution is 5.65. The first-order valence-corrected chi connectivity index (χ1v) is 8.59. The summed E-state index contributed by atoms with van der Waals surface area (Å²) in [6.45, 7) is 7.46. The van der Waals surface area contributed by atoms with E-state index in [1.165, 1.54) is 7.11 Å². The molecule has 24 heavy (non-hydrogen) atoms. The van der Waals surface area contributed by atoms with Gasteiger partial charge in [-0.1, -0.05) is 0 Å². The summed E-state index contributed by atoms with van der Waals surface area (Å²) >= 11 is 0. The summed E-state index contributed by atoms with van der Waals surface area (Å²) in [6, 6.07) is 3.53. The molecule has 0 N–H and O–H groups in total. The number of rotatable bonds is 5. The average Bonchev–Trinajstić information content (AvgIpc) is 2.60. The molecule has 1 aromatic carbocycles. The van der Waals surface area contributed by atoms with Gasteiger partial charge < -0.3 is 14.5 Å². The van der Waals surface area contributed by atoms with Crippen LogP contribution in [0, 0.1) is 10.1 Å². The molecule has 2 heterocycles. The van der Waals surface area contributed by atoms with E-state index < -0.39 is 0 Å². The molecule has 1 aromatic rings. The minimum atomic E-state index is -0.359. The van der Waals surface area contributed by atoms with Gasteiger partial charge in [-0.25, -0.2) is 0 Å². The monoisotopic (exact) mass is 334 g/mol. The molecule has 7 nitrogen and oxygen atoms in total. The second kappa shape index (κ2) is 7.36. The van der Waals surface area contributed by atoms with Gasteiger partial charge >= 0.3 is 5.69 Å². The third-order valence-corrected chi connectivity index (χ3v) is 5.07. The summed E-state index contributed by atoms with van der Waals surface area (Å²) in [6.07, 6.45) is 1.93. The molecular weight excluding hydrogens is 308 g/mol. The number of hydrogen-bond acceptors (Lipinski definition) is 6. The minimum Gasteiger partial charge on any atom is -0.490 e. The number of hydrogen-bond donors (Lipinski definition) is 0. The van der Waals surface area contributed by atoms with E-state index in [1.54, 1.807) is 6.07 Å². The Labute approximate surface area is 142 Å². The summed E-state index contributed by atoms with van der Waals surface area (Å²) in [5.41, 5.74) is 2.22. The van der Waals surface area contributed by atoms with E-state index in [0.29, 0.717) is 5.75 Å². The second-order valence-electron chi connectivity index (χ2n) is 6.65. The van der Waals surface area contributed by atoms with Gasteiger partial charge in [0, 0.05) is 63.6 Å². The molecule has 0 amide bonds. The lowest BCUT2D eigenvalue weighted by Gasteiger charge is -2.36. The molecule has 0 saturated carbocycles. The quantitative estimate of drug-likeness (QED) is 0.602. The van der Waals surface area contributed by atoms with Gasteiger partial charge in [-0.3, -0.25) is 15.0 Å². The molecule has 0 unspecified atom stereocenters. The highest BCUT2D eigenvalue weighted by Gasteiger charge is 2.25. The van der Waals surface area contributed by atoms with Crippen LogP contribution in [0.15, 0.2) is 12.1 Å². The molecule has 2 aliphatic rings. The molecule has 1 saturated heterocycles. The van der Waals surface area contributed by atoms with E-state index in [9.17, 15) is 10.1 Å². The molecule has 0 radical (unpaired) electrons. The number of nitro benzene ring substituents is 1. The van der Waals surface area contributed by atoms with E-state index >= 15 is 0 Å². The molecule has 0 bridgehead atoms. The van der Waals surface area contributed by atoms with Crippen molar-refractivity contribution in [3.8, 4) is 5.75 Å². The van der Waals surface area contributed by atoms with Crippen molar-refractivity contribution in [1.82, 2.24) is 9.80 Å². The number of methoxy groups -OCH3 is 1. The van der Waals surface area contributed by atoms with Crippen molar-refractivity contribution in [1.29, 1.82) is 0 Å². The maximum absolute atomic E-state index is 11.2. The van der Waals surface area contributed by atoms with Gasteiger partial charge in [0.2, 0.25) is 0 Å². The minimum absolute atomic E-state index is 0.0668. The van der Waals surface area contributed by atoms with Crippen molar-refractivity contribution in [2.24, 2.45) is 0 Å². The molecule has 1 fully saturated rings. The van der Waals surface area contributed by atoms with E-state index in [0.717, 1.165) is 69.9 Å². The van der Waals surface area contributed by atoms with Gasteiger partial charge in [-0.15, -0.1) is 0 Å². The highest BCUT2D eigenvalue weighted by atomic mass is 16.6. The van der Waals surface area contributed by atoms with Crippen molar-refractivity contribution in [2.45, 2.75) is 12.8 Å². The first kappa shape index (κ1) is 17.0. The number of nitrogens with zero attached hydrogens (tertiary/aromatic N) is 4. The van der Waals surface area contributed by atoms with Gasteiger partial charge in [0.1, 0.15) is 0 Å². The van der Waals surface area contributed by atoms with Crippen molar-refractivity contribution >= 4 is 11.4 Å². The normalized spacial score (nSPS) is 19.2. The first-order valence-electron chi connectivity index (χ1n) is 8.59. The number of piperazine rings is 1. The van der Waals surface area contributed by atoms with Gasteiger partial charge in [-0.2, -0.15) is 0 Å². The fraction of sp³-hybridized carbons (Fsp3) is 0.647. The first-order chi connectivity index (χ1) is 11.6. The lowest BCUT2D eigenvalue weighted by Crippen LogP contribution is -2.47. The number of anilines is 1. The summed E-state index contributed by atoms with van der Waals surface area (Å²) in [5, 5.41) is 11.2. The molecule has 132 valence electrons. The van der Waals surface area contributed by atoms with Gasteiger partial charge in [0.05, 0.1) is 12.0 Å². The molecule has 0 aliphatic carbocycles. The van der Waals surface area contributed by atoms with Crippen LogP contribution < -0.4 is 9.64 Å². The zero-order chi connectivity index (χ0) is 17.1. The lowest BCUT2D eigenvalue weighted by molar-refractivity contribution is -0.385. The Morgan fingerprint density at radius 3 is 2.58 bits per heavy atom. The number of ether oxygens (including phenoxy) is 1. The zero-order valence-electron chi connectivity index (χ0n) is 14.5. The third-order valence-electron chi connectivity index (χ3n) is 5.07. The Morgan fingerprint density at radius 2 is 1.92 bits per heavy atom. The van der Waals surface area contributed by atoms with Crippen LogP contribution in [-0.2, 0) is 6.42 Å². The number of likely N-dealkylation sites (N-methyl/N-ethyl adjacent to an activating group) is 1. The van der Waals surface area contributed by atoms with Crippen LogP contribution in [0.25, 0.3) is 0 Å². The van der Waals surface area contributed by atoms with E-state index in [4.69, 9.17) is 4.74 Å². The number of benzene rings is 1. The lowest BCUT2D eigenvalue weighted by atomic mass is 10.0. The zero-order valence-corrected chi connectivity index (χ0v) is 14.5. The average molecular weight is 334 g/mol.